The number of nitrogens with one attached hydrogen (secondary N) is 5. The van der Waals surface area contributed by atoms with E-state index in [0.717, 1.165) is 5.56 Å². The van der Waals surface area contributed by atoms with Gasteiger partial charge in [-0.05, 0) is 99.4 Å². The van der Waals surface area contributed by atoms with Gasteiger partial charge >= 0.3 is 0 Å². The van der Waals surface area contributed by atoms with Crippen LogP contribution < -0.4 is 26.6 Å². The number of likely N-dealkylation sites (N-methyl/N-ethyl adjacent to an activating group) is 2. The number of likely N-dealkylation sites (tertiary alicyclic amines) is 2. The van der Waals surface area contributed by atoms with Gasteiger partial charge in [-0.1, -0.05) is 125 Å². The highest BCUT2D eigenvalue weighted by Crippen LogP contribution is 2.31. The molecule has 2 aromatic carbocycles. The Hall–Kier alpha value is -6.62. The number of benzene rings is 2. The monoisotopic (exact) mass is 1290 g/mol. The van der Waals surface area contributed by atoms with Crippen molar-refractivity contribution in [1.82, 2.24) is 40.9 Å². The molecule has 22 heteroatoms. The van der Waals surface area contributed by atoms with Crippen LogP contribution in [0, 0.1) is 41.4 Å². The number of carbonyl (C=O) groups excluding carboxylic acids is 10. The second-order valence-electron chi connectivity index (χ2n) is 26.8. The van der Waals surface area contributed by atoms with Crippen LogP contribution in [0.15, 0.2) is 54.6 Å². The summed E-state index contributed by atoms with van der Waals surface area (Å²) in [6, 6.07) is 12.3. The maximum absolute atomic E-state index is 14.9. The number of unbranched alkanes of at least 4 members (excludes halogenated alkanes) is 2. The summed E-state index contributed by atoms with van der Waals surface area (Å²) in [6.45, 7) is 23.4. The summed E-state index contributed by atoms with van der Waals surface area (Å²) in [7, 11) is 6.61. The summed E-state index contributed by atoms with van der Waals surface area (Å²) in [5.41, 5.74) is 2.00. The van der Waals surface area contributed by atoms with E-state index in [-0.39, 0.29) is 115 Å². The molecule has 2 heterocycles. The van der Waals surface area contributed by atoms with E-state index >= 15 is 0 Å². The van der Waals surface area contributed by atoms with E-state index in [0.29, 0.717) is 82.4 Å². The molecular formula is C70H111N9O13. The number of nitrogens with zero attached hydrogens (tertiary/aromatic N) is 4. The summed E-state index contributed by atoms with van der Waals surface area (Å²) < 4.78 is 12.1. The summed E-state index contributed by atoms with van der Waals surface area (Å²) in [4.78, 5) is 142. The van der Waals surface area contributed by atoms with Crippen molar-refractivity contribution in [2.45, 2.75) is 221 Å². The number of anilines is 1. The minimum absolute atomic E-state index is 0.0478. The summed E-state index contributed by atoms with van der Waals surface area (Å²) in [5.74, 6) is -5.37. The van der Waals surface area contributed by atoms with E-state index in [9.17, 15) is 53.1 Å². The number of methoxy groups -OCH3 is 2. The molecule has 0 aromatic heterocycles. The van der Waals surface area contributed by atoms with Crippen molar-refractivity contribution >= 4 is 64.6 Å². The van der Waals surface area contributed by atoms with Crippen LogP contribution in [0.1, 0.15) is 177 Å². The second-order valence-corrected chi connectivity index (χ2v) is 26.8. The van der Waals surface area contributed by atoms with Crippen LogP contribution in [-0.4, -0.2) is 180 Å². The third-order valence-corrected chi connectivity index (χ3v) is 18.5. The van der Waals surface area contributed by atoms with Gasteiger partial charge in [0, 0.05) is 91.2 Å². The molecule has 0 saturated carbocycles. The third-order valence-electron chi connectivity index (χ3n) is 18.5. The number of hydrogen-bond donors (Lipinski definition) is 6. The van der Waals surface area contributed by atoms with Crippen LogP contribution in [0.5, 0.6) is 0 Å². The molecule has 9 amide bonds. The summed E-state index contributed by atoms with van der Waals surface area (Å²) in [5, 5.41) is 25.6. The number of rotatable bonds is 39. The standard InChI is InChI=1S/C70H111N9O13/c1-17-45(8)63(56(91-15)40-59(84)78-37-25-29-54(78)65(92-16)47(10)66(86)72-48(11)64(85)51-26-20-18-21-27-51)77(14)70(90)61(43(4)5)75-68(88)62(44(6)7)76(13)41-50-31-33-53(34-32-50)73-67(87)52(28-24-35-71-49(12)80)39-55(81)60(42(2)3)74-57(82)30-22-19-23-36-79-58(83)38-46(9)69(79)89/h18,20-21,26-27,31-34,42-48,52,54,56,60-65,85H,17,19,22-25,28-30,35-41H2,1-16H3,(H,71,80)(H,72,86)(H,73,87)(H,74,82)(H,75,88)/t45-,46?,47+,48+,52+,54-,56+,60-,61-,62-,63-,64+,65+/m0/s1. The van der Waals surface area contributed by atoms with E-state index < -0.39 is 72.3 Å². The van der Waals surface area contributed by atoms with Gasteiger partial charge in [0.1, 0.15) is 6.04 Å². The molecule has 1 unspecified atom stereocenters. The van der Waals surface area contributed by atoms with E-state index in [4.69, 9.17) is 9.47 Å². The van der Waals surface area contributed by atoms with Crippen molar-refractivity contribution in [3.63, 3.8) is 0 Å². The zero-order chi connectivity index (χ0) is 68.7. The van der Waals surface area contributed by atoms with Crippen LogP contribution in [0.25, 0.3) is 0 Å². The van der Waals surface area contributed by atoms with Crippen LogP contribution in [0.2, 0.25) is 0 Å². The lowest BCUT2D eigenvalue weighted by Crippen LogP contribution is -2.60. The molecular weight excluding hydrogens is 1170 g/mol. The molecule has 6 N–H and O–H groups in total. The van der Waals surface area contributed by atoms with Gasteiger partial charge in [-0.3, -0.25) is 57.7 Å². The predicted molar refractivity (Wildman–Crippen MR) is 354 cm³/mol. The fraction of sp³-hybridized carbons (Fsp3) is 0.686. The minimum Gasteiger partial charge on any atom is -0.386 e. The number of ketones is 1. The van der Waals surface area contributed by atoms with Crippen molar-refractivity contribution in [2.24, 2.45) is 41.4 Å². The molecule has 0 spiro atoms. The quantitative estimate of drug-likeness (QED) is 0.0291. The van der Waals surface area contributed by atoms with E-state index in [2.05, 4.69) is 26.6 Å². The Morgan fingerprint density at radius 1 is 0.750 bits per heavy atom. The van der Waals surface area contributed by atoms with Gasteiger partial charge in [-0.25, -0.2) is 0 Å². The molecule has 2 aliphatic heterocycles. The van der Waals surface area contributed by atoms with Crippen molar-refractivity contribution in [1.29, 1.82) is 0 Å². The van der Waals surface area contributed by atoms with Crippen molar-refractivity contribution in [3.8, 4) is 0 Å². The zero-order valence-electron chi connectivity index (χ0n) is 57.9. The SMILES string of the molecule is CC[C@H](C)[C@@H]([C@@H](CC(=O)N1CCC[C@H]1[C@H](OC)[C@@H](C)C(=O)N[C@H](C)[C@@H](O)c1ccccc1)OC)N(C)C(=O)[C@@H](NC(=O)[C@H](C(C)C)N(C)Cc1ccc(NC(=O)[C@H](CCCNC(C)=O)CC(=O)[C@@H](NC(=O)CCCCCN2C(=O)CC(C)C2=O)C(C)C)cc1)C(C)C. The fourth-order valence-electron chi connectivity index (χ4n) is 13.0. The number of Topliss-reactive ketones (excluding diaryl/α,β-unsaturated/α-hetero) is 1. The van der Waals surface area contributed by atoms with Gasteiger partial charge in [0.25, 0.3) is 0 Å². The van der Waals surface area contributed by atoms with Gasteiger partial charge in [-0.15, -0.1) is 0 Å². The molecule has 22 nitrogen and oxygen atoms in total. The smallest absolute Gasteiger partial charge is 0.245 e. The first-order valence-corrected chi connectivity index (χ1v) is 33.4. The van der Waals surface area contributed by atoms with Gasteiger partial charge in [-0.2, -0.15) is 0 Å². The Labute approximate surface area is 547 Å². The lowest BCUT2D eigenvalue weighted by molar-refractivity contribution is -0.148. The van der Waals surface area contributed by atoms with E-state index in [1.807, 2.05) is 97.7 Å². The van der Waals surface area contributed by atoms with Crippen LogP contribution in [-0.2, 0) is 64.0 Å². The Bertz CT molecular complexity index is 2750. The van der Waals surface area contributed by atoms with Crippen molar-refractivity contribution in [3.05, 3.63) is 65.7 Å². The summed E-state index contributed by atoms with van der Waals surface area (Å²) >= 11 is 0. The average Bonchev–Trinajstić information content (AvgIpc) is 1.28. The Balaban J connectivity index is 1.40. The number of aliphatic hydroxyl groups excluding tert-OH is 1. The first kappa shape index (κ1) is 77.8. The molecule has 2 saturated heterocycles. The topological polar surface area (TPSA) is 282 Å². The molecule has 13 atom stereocenters. The maximum Gasteiger partial charge on any atom is 0.245 e. The lowest BCUT2D eigenvalue weighted by Gasteiger charge is -2.41. The fourth-order valence-corrected chi connectivity index (χ4v) is 13.0. The molecule has 0 radical (unpaired) electrons. The molecule has 2 aliphatic rings. The molecule has 0 bridgehead atoms. The van der Waals surface area contributed by atoms with Crippen molar-refractivity contribution in [2.75, 3.05) is 53.3 Å². The Morgan fingerprint density at radius 2 is 1.40 bits per heavy atom. The Kier molecular flexibility index (Phi) is 32.1. The van der Waals surface area contributed by atoms with Crippen LogP contribution in [0.4, 0.5) is 5.69 Å². The molecule has 514 valence electrons. The highest BCUT2D eigenvalue weighted by atomic mass is 16.5. The second kappa shape index (κ2) is 37.9. The van der Waals surface area contributed by atoms with Gasteiger partial charge < -0.3 is 51.0 Å². The normalized spacial score (nSPS) is 18.8. The van der Waals surface area contributed by atoms with Gasteiger partial charge in [0.15, 0.2) is 5.78 Å². The zero-order valence-corrected chi connectivity index (χ0v) is 57.9. The first-order chi connectivity index (χ1) is 43.5. The van der Waals surface area contributed by atoms with Gasteiger partial charge in [0.05, 0.1) is 60.9 Å². The van der Waals surface area contributed by atoms with E-state index in [1.54, 1.807) is 61.9 Å². The first-order valence-electron chi connectivity index (χ1n) is 33.4. The van der Waals surface area contributed by atoms with Gasteiger partial charge in [0.2, 0.25) is 53.2 Å². The summed E-state index contributed by atoms with van der Waals surface area (Å²) in [6.07, 6.45) is 2.28. The lowest BCUT2D eigenvalue weighted by atomic mass is 9.89. The van der Waals surface area contributed by atoms with Crippen LogP contribution >= 0.6 is 0 Å². The third kappa shape index (κ3) is 22.6. The average molecular weight is 1290 g/mol. The number of hydrogen-bond acceptors (Lipinski definition) is 14. The molecule has 2 fully saturated rings. The Morgan fingerprint density at radius 3 is 1.97 bits per heavy atom. The van der Waals surface area contributed by atoms with E-state index in [1.165, 1.54) is 26.0 Å². The predicted octanol–water partition coefficient (Wildman–Crippen LogP) is 6.97. The number of ether oxygens (including phenoxy) is 2. The highest BCUT2D eigenvalue weighted by molar-refractivity contribution is 6.03. The van der Waals surface area contributed by atoms with Crippen LogP contribution in [0.3, 0.4) is 0 Å². The molecule has 92 heavy (non-hydrogen) atoms. The number of amides is 9. The number of imide groups is 1. The number of carbonyl (C=O) groups is 10. The minimum atomic E-state index is -0.932. The molecule has 2 aromatic rings. The van der Waals surface area contributed by atoms with Crippen molar-refractivity contribution < 1.29 is 62.5 Å². The number of aliphatic hydroxyl groups is 1. The largest absolute Gasteiger partial charge is 0.386 e. The highest BCUT2D eigenvalue weighted by Gasteiger charge is 2.44. The maximum atomic E-state index is 14.9. The molecule has 0 aliphatic carbocycles. The molecule has 4 rings (SSSR count).